The number of hydrogen-bond acceptors (Lipinski definition) is 2. The Morgan fingerprint density at radius 3 is 0.913 bits per heavy atom. The maximum atomic E-state index is 5.47. The van der Waals surface area contributed by atoms with Crippen molar-refractivity contribution in [2.45, 2.75) is 83.1 Å². The molecule has 0 radical (unpaired) electrons. The molecule has 4 heteroatoms. The van der Waals surface area contributed by atoms with Gasteiger partial charge in [0.2, 0.25) is 0 Å². The summed E-state index contributed by atoms with van der Waals surface area (Å²) in [7, 11) is 0. The third-order valence-corrected chi connectivity index (χ3v) is 19.2. The molecular formula is C88H74N4. The van der Waals surface area contributed by atoms with Gasteiger partial charge in [0, 0.05) is 49.4 Å². The average molecular weight is 1190 g/mol. The van der Waals surface area contributed by atoms with E-state index in [4.69, 9.17) is 9.97 Å². The van der Waals surface area contributed by atoms with Crippen molar-refractivity contribution in [1.82, 2.24) is 19.1 Å². The summed E-state index contributed by atoms with van der Waals surface area (Å²) in [5, 5.41) is 4.81. The summed E-state index contributed by atoms with van der Waals surface area (Å²) in [5.74, 6) is 0.677. The highest BCUT2D eigenvalue weighted by Gasteiger charge is 2.25. The van der Waals surface area contributed by atoms with Gasteiger partial charge in [-0.25, -0.2) is 9.97 Å². The molecule has 0 saturated carbocycles. The average Bonchev–Trinajstić information content (AvgIpc) is 1.56. The SMILES string of the molecule is Cc1cc(C)c(-c2ccc3c(c2)c2cc(-c4c(C)cc(C)cc4C)ccc2n3-c2ccccc2-c2ccc(-c3cc(-c4ccccc4)nc(-c4ccccc4)n3)cc2-n2c3ccc(-c4c(C)cc(C)cc4C)cc3c3cc(-c4c(C)cc(C)cc4C)ccc32)c(C)c1. The van der Waals surface area contributed by atoms with Gasteiger partial charge >= 0.3 is 0 Å². The van der Waals surface area contributed by atoms with Crippen LogP contribution in [0.25, 0.3) is 145 Å². The first-order chi connectivity index (χ1) is 44.5. The van der Waals surface area contributed by atoms with Gasteiger partial charge in [0.1, 0.15) is 0 Å². The van der Waals surface area contributed by atoms with E-state index in [0.717, 1.165) is 72.6 Å². The fourth-order valence-corrected chi connectivity index (χ4v) is 15.8. The zero-order chi connectivity index (χ0) is 63.4. The molecule has 0 atom stereocenters. The minimum atomic E-state index is 0.677. The highest BCUT2D eigenvalue weighted by Crippen LogP contribution is 2.47. The summed E-state index contributed by atoms with van der Waals surface area (Å²) in [6.07, 6.45) is 0. The van der Waals surface area contributed by atoms with Crippen LogP contribution in [-0.4, -0.2) is 19.1 Å². The topological polar surface area (TPSA) is 35.6 Å². The quantitative estimate of drug-likeness (QED) is 0.137. The van der Waals surface area contributed by atoms with Crippen LogP contribution in [0.5, 0.6) is 0 Å². The second-order valence-corrected chi connectivity index (χ2v) is 26.1. The van der Waals surface area contributed by atoms with E-state index in [2.05, 4.69) is 317 Å². The molecular weight excluding hydrogens is 1110 g/mol. The Labute approximate surface area is 540 Å². The van der Waals surface area contributed by atoms with Gasteiger partial charge in [0.15, 0.2) is 5.82 Å². The Kier molecular flexibility index (Phi) is 14.2. The van der Waals surface area contributed by atoms with Gasteiger partial charge in [0.25, 0.3) is 0 Å². The second kappa shape index (κ2) is 22.7. The number of benzene rings is 12. The molecule has 446 valence electrons. The molecule has 0 aliphatic carbocycles. The van der Waals surface area contributed by atoms with Crippen molar-refractivity contribution >= 4 is 43.6 Å². The van der Waals surface area contributed by atoms with Gasteiger partial charge in [-0.2, -0.15) is 0 Å². The number of nitrogens with zero attached hydrogens (tertiary/aromatic N) is 4. The van der Waals surface area contributed by atoms with Crippen LogP contribution in [0.1, 0.15) is 66.8 Å². The zero-order valence-electron chi connectivity index (χ0n) is 54.7. The number of fused-ring (bicyclic) bond motifs is 6. The normalized spacial score (nSPS) is 11.7. The summed E-state index contributed by atoms with van der Waals surface area (Å²) >= 11 is 0. The van der Waals surface area contributed by atoms with E-state index < -0.39 is 0 Å². The zero-order valence-corrected chi connectivity index (χ0v) is 54.7. The number of aryl methyl sites for hydroxylation is 12. The van der Waals surface area contributed by atoms with Crippen molar-refractivity contribution in [3.05, 3.63) is 297 Å². The predicted molar refractivity (Wildman–Crippen MR) is 391 cm³/mol. The van der Waals surface area contributed by atoms with E-state index in [9.17, 15) is 0 Å². The minimum absolute atomic E-state index is 0.677. The van der Waals surface area contributed by atoms with E-state index in [1.807, 2.05) is 6.07 Å². The molecule has 92 heavy (non-hydrogen) atoms. The molecule has 15 rings (SSSR count). The third-order valence-electron chi connectivity index (χ3n) is 19.2. The van der Waals surface area contributed by atoms with Crippen LogP contribution < -0.4 is 0 Å². The van der Waals surface area contributed by atoms with Gasteiger partial charge < -0.3 is 9.13 Å². The van der Waals surface area contributed by atoms with Gasteiger partial charge in [0.05, 0.1) is 44.8 Å². The van der Waals surface area contributed by atoms with Crippen LogP contribution in [0.4, 0.5) is 0 Å². The number of aromatic nitrogens is 4. The van der Waals surface area contributed by atoms with Crippen LogP contribution in [0, 0.1) is 83.1 Å². The molecule has 0 aliphatic rings. The van der Waals surface area contributed by atoms with Crippen LogP contribution in [0.3, 0.4) is 0 Å². The Morgan fingerprint density at radius 2 is 0.533 bits per heavy atom. The van der Waals surface area contributed by atoms with E-state index >= 15 is 0 Å². The lowest BCUT2D eigenvalue weighted by Crippen LogP contribution is -2.03. The van der Waals surface area contributed by atoms with Crippen LogP contribution in [0.2, 0.25) is 0 Å². The molecule has 0 saturated heterocycles. The Bertz CT molecular complexity index is 5140. The molecule has 15 aromatic rings. The molecule has 3 heterocycles. The molecule has 0 fully saturated rings. The maximum absolute atomic E-state index is 5.47. The highest BCUT2D eigenvalue weighted by atomic mass is 15.0. The highest BCUT2D eigenvalue weighted by molar-refractivity contribution is 6.14. The first kappa shape index (κ1) is 57.7. The van der Waals surface area contributed by atoms with Crippen molar-refractivity contribution in [3.63, 3.8) is 0 Å². The lowest BCUT2D eigenvalue weighted by Gasteiger charge is -2.20. The standard InChI is InChI=1S/C88H74N4/c1-51-37-55(5)84(56(6)38-51)66-28-33-79-72(45-66)73-46-67(85-57(7)39-52(2)40-58(85)8)29-34-80(73)91(79)78-26-20-19-25-70(78)71-32-27-65(77-50-76(63-21-15-13-16-22-63)89-88(90-77)64-23-17-14-18-24-64)49-83(71)92-81-35-30-68(86-59(9)41-53(3)42-60(86)10)47-74(81)75-48-69(31-36-82(75)92)87-61(11)43-54(4)44-62(87)12/h13-50H,1-12H3. The van der Waals surface area contributed by atoms with Gasteiger partial charge in [-0.05, 0) is 239 Å². The van der Waals surface area contributed by atoms with Crippen molar-refractivity contribution in [3.8, 4) is 101 Å². The maximum Gasteiger partial charge on any atom is 0.160 e. The smallest absolute Gasteiger partial charge is 0.160 e. The molecule has 12 aromatic carbocycles. The molecule has 0 N–H and O–H groups in total. The van der Waals surface area contributed by atoms with E-state index in [0.29, 0.717) is 5.82 Å². The van der Waals surface area contributed by atoms with Crippen LogP contribution in [0.15, 0.2) is 231 Å². The lowest BCUT2D eigenvalue weighted by molar-refractivity contribution is 1.15. The van der Waals surface area contributed by atoms with Crippen molar-refractivity contribution in [2.75, 3.05) is 0 Å². The Hall–Kier alpha value is -10.7. The second-order valence-electron chi connectivity index (χ2n) is 26.1. The number of hydrogen-bond donors (Lipinski definition) is 0. The van der Waals surface area contributed by atoms with Crippen LogP contribution in [-0.2, 0) is 0 Å². The minimum Gasteiger partial charge on any atom is -0.309 e. The molecule has 0 aliphatic heterocycles. The summed E-state index contributed by atoms with van der Waals surface area (Å²) < 4.78 is 5.07. The van der Waals surface area contributed by atoms with Crippen molar-refractivity contribution < 1.29 is 0 Å². The van der Waals surface area contributed by atoms with E-state index in [1.165, 1.54) is 133 Å². The number of para-hydroxylation sites is 1. The van der Waals surface area contributed by atoms with Gasteiger partial charge in [-0.1, -0.05) is 186 Å². The fraction of sp³-hybridized carbons (Fsp3) is 0.136. The summed E-state index contributed by atoms with van der Waals surface area (Å²) in [6, 6.07) is 86.3. The van der Waals surface area contributed by atoms with Crippen molar-refractivity contribution in [2.24, 2.45) is 0 Å². The largest absolute Gasteiger partial charge is 0.309 e. The predicted octanol–water partition coefficient (Wildman–Crippen LogP) is 23.7. The van der Waals surface area contributed by atoms with Crippen LogP contribution >= 0.6 is 0 Å². The summed E-state index contributed by atoms with van der Waals surface area (Å²) in [4.78, 5) is 10.7. The monoisotopic (exact) mass is 1190 g/mol. The first-order valence-corrected chi connectivity index (χ1v) is 32.3. The third kappa shape index (κ3) is 9.93. The summed E-state index contributed by atoms with van der Waals surface area (Å²) in [5.41, 5.74) is 38.9. The summed E-state index contributed by atoms with van der Waals surface area (Å²) in [6.45, 7) is 26.8. The van der Waals surface area contributed by atoms with E-state index in [1.54, 1.807) is 0 Å². The Balaban J connectivity index is 1.03. The van der Waals surface area contributed by atoms with Crippen molar-refractivity contribution in [1.29, 1.82) is 0 Å². The molecule has 3 aromatic heterocycles. The molecule has 0 spiro atoms. The first-order valence-electron chi connectivity index (χ1n) is 32.3. The fourth-order valence-electron chi connectivity index (χ4n) is 15.8. The molecule has 0 bridgehead atoms. The van der Waals surface area contributed by atoms with E-state index in [-0.39, 0.29) is 0 Å². The molecule has 0 amide bonds. The van der Waals surface area contributed by atoms with Gasteiger partial charge in [-0.15, -0.1) is 0 Å². The lowest BCUT2D eigenvalue weighted by atomic mass is 9.91. The van der Waals surface area contributed by atoms with Gasteiger partial charge in [-0.3, -0.25) is 0 Å². The molecule has 0 unspecified atom stereocenters. The molecule has 4 nitrogen and oxygen atoms in total. The Morgan fingerprint density at radius 1 is 0.228 bits per heavy atom. The number of rotatable bonds is 10.